The standard InChI is InChI=1S/C25H30N2O5/c1-31-25(30)22-19(15-28)21-14-27-20(23(22)26(21)13-16-9-11-32-12-10-16)8-7-18(24(27)29)17-5-3-2-4-6-17/h2-8,16,19,21-23,28H,9-15H2,1H3/t19-,21-,22+,23+/m1/s1. The number of esters is 1. The highest BCUT2D eigenvalue weighted by molar-refractivity contribution is 5.75. The van der Waals surface area contributed by atoms with Gasteiger partial charge < -0.3 is 19.1 Å². The molecule has 3 aliphatic rings. The molecule has 170 valence electrons. The zero-order valence-electron chi connectivity index (χ0n) is 18.4. The summed E-state index contributed by atoms with van der Waals surface area (Å²) in [5.41, 5.74) is 2.33. The summed E-state index contributed by atoms with van der Waals surface area (Å²) in [4.78, 5) is 28.8. The number of carbonyl (C=O) groups is 1. The molecule has 4 atom stereocenters. The molecular formula is C25H30N2O5. The van der Waals surface area contributed by atoms with Gasteiger partial charge in [0, 0.05) is 56.1 Å². The van der Waals surface area contributed by atoms with Crippen LogP contribution in [0.1, 0.15) is 24.6 Å². The van der Waals surface area contributed by atoms with E-state index in [9.17, 15) is 14.7 Å². The van der Waals surface area contributed by atoms with Crippen molar-refractivity contribution in [1.82, 2.24) is 9.47 Å². The van der Waals surface area contributed by atoms with Crippen LogP contribution in [0.3, 0.4) is 0 Å². The number of aliphatic hydroxyl groups excluding tert-OH is 1. The van der Waals surface area contributed by atoms with Crippen molar-refractivity contribution in [3.05, 3.63) is 58.5 Å². The summed E-state index contributed by atoms with van der Waals surface area (Å²) < 4.78 is 12.5. The van der Waals surface area contributed by atoms with Gasteiger partial charge in [0.1, 0.15) is 0 Å². The van der Waals surface area contributed by atoms with Gasteiger partial charge in [-0.25, -0.2) is 0 Å². The fourth-order valence-corrected chi connectivity index (χ4v) is 5.94. The lowest BCUT2D eigenvalue weighted by atomic mass is 9.87. The summed E-state index contributed by atoms with van der Waals surface area (Å²) in [6, 6.07) is 13.1. The Bertz CT molecular complexity index is 1030. The molecule has 0 aliphatic carbocycles. The maximum absolute atomic E-state index is 13.5. The first-order valence-corrected chi connectivity index (χ1v) is 11.5. The molecule has 0 spiro atoms. The summed E-state index contributed by atoms with van der Waals surface area (Å²) in [6.07, 6.45) is 1.98. The molecule has 1 N–H and O–H groups in total. The van der Waals surface area contributed by atoms with Crippen LogP contribution in [-0.4, -0.2) is 60.1 Å². The van der Waals surface area contributed by atoms with Crippen LogP contribution < -0.4 is 5.56 Å². The summed E-state index contributed by atoms with van der Waals surface area (Å²) >= 11 is 0. The Kier molecular flexibility index (Phi) is 5.88. The Morgan fingerprint density at radius 3 is 2.59 bits per heavy atom. The fourth-order valence-electron chi connectivity index (χ4n) is 5.94. The zero-order valence-corrected chi connectivity index (χ0v) is 18.4. The van der Waals surface area contributed by atoms with Gasteiger partial charge >= 0.3 is 5.97 Å². The van der Waals surface area contributed by atoms with E-state index < -0.39 is 5.92 Å². The number of fused-ring (bicyclic) bond motifs is 4. The number of methoxy groups -OCH3 is 1. The highest BCUT2D eigenvalue weighted by atomic mass is 16.5. The molecule has 2 aromatic rings. The van der Waals surface area contributed by atoms with E-state index in [4.69, 9.17) is 9.47 Å². The third kappa shape index (κ3) is 3.49. The minimum Gasteiger partial charge on any atom is -0.469 e. The average Bonchev–Trinajstić information content (AvgIpc) is 3.04. The quantitative estimate of drug-likeness (QED) is 0.720. The molecule has 7 heteroatoms. The second-order valence-corrected chi connectivity index (χ2v) is 9.11. The predicted octanol–water partition coefficient (Wildman–Crippen LogP) is 2.08. The molecule has 4 heterocycles. The number of rotatable bonds is 5. The van der Waals surface area contributed by atoms with Crippen LogP contribution in [0.4, 0.5) is 0 Å². The van der Waals surface area contributed by atoms with Gasteiger partial charge in [0.25, 0.3) is 5.56 Å². The minimum atomic E-state index is -0.495. The molecule has 3 aliphatic heterocycles. The van der Waals surface area contributed by atoms with Crippen molar-refractivity contribution in [1.29, 1.82) is 0 Å². The number of benzene rings is 1. The topological polar surface area (TPSA) is 81.0 Å². The summed E-state index contributed by atoms with van der Waals surface area (Å²) in [6.45, 7) is 2.70. The number of aromatic nitrogens is 1. The number of hydrogen-bond donors (Lipinski definition) is 1. The van der Waals surface area contributed by atoms with Crippen molar-refractivity contribution >= 4 is 5.97 Å². The van der Waals surface area contributed by atoms with Crippen molar-refractivity contribution in [2.75, 3.05) is 33.5 Å². The molecule has 0 unspecified atom stereocenters. The summed E-state index contributed by atoms with van der Waals surface area (Å²) in [5.74, 6) is -0.606. The van der Waals surface area contributed by atoms with E-state index in [1.165, 1.54) is 7.11 Å². The first-order valence-electron chi connectivity index (χ1n) is 11.5. The third-order valence-electron chi connectivity index (χ3n) is 7.54. The number of pyridine rings is 1. The highest BCUT2D eigenvalue weighted by Crippen LogP contribution is 2.49. The van der Waals surface area contributed by atoms with E-state index in [0.29, 0.717) is 18.0 Å². The molecular weight excluding hydrogens is 408 g/mol. The number of ether oxygens (including phenoxy) is 2. The van der Waals surface area contributed by atoms with Crippen molar-refractivity contribution in [3.63, 3.8) is 0 Å². The average molecular weight is 439 g/mol. The Hall–Kier alpha value is -2.48. The number of hydrogen-bond acceptors (Lipinski definition) is 6. The highest BCUT2D eigenvalue weighted by Gasteiger charge is 2.56. The Labute approximate surface area is 187 Å². The first-order chi connectivity index (χ1) is 15.6. The molecule has 0 saturated carbocycles. The van der Waals surface area contributed by atoms with Crippen LogP contribution in [0.5, 0.6) is 0 Å². The van der Waals surface area contributed by atoms with Crippen LogP contribution in [-0.2, 0) is 20.8 Å². The van der Waals surface area contributed by atoms with Crippen LogP contribution in [0.2, 0.25) is 0 Å². The third-order valence-corrected chi connectivity index (χ3v) is 7.54. The van der Waals surface area contributed by atoms with Gasteiger partial charge in [-0.3, -0.25) is 14.5 Å². The van der Waals surface area contributed by atoms with Gasteiger partial charge in [0.05, 0.1) is 19.1 Å². The van der Waals surface area contributed by atoms with Gasteiger partial charge in [0.2, 0.25) is 0 Å². The molecule has 32 heavy (non-hydrogen) atoms. The normalized spacial score (nSPS) is 27.8. The van der Waals surface area contributed by atoms with Crippen LogP contribution >= 0.6 is 0 Å². The second-order valence-electron chi connectivity index (χ2n) is 9.11. The zero-order chi connectivity index (χ0) is 22.2. The van der Waals surface area contributed by atoms with E-state index >= 15 is 0 Å². The molecule has 0 radical (unpaired) electrons. The van der Waals surface area contributed by atoms with E-state index in [0.717, 1.165) is 43.9 Å². The van der Waals surface area contributed by atoms with E-state index in [-0.39, 0.29) is 36.1 Å². The lowest BCUT2D eigenvalue weighted by Crippen LogP contribution is -2.48. The Morgan fingerprint density at radius 1 is 1.16 bits per heavy atom. The van der Waals surface area contributed by atoms with Crippen molar-refractivity contribution in [2.24, 2.45) is 17.8 Å². The largest absolute Gasteiger partial charge is 0.469 e. The lowest BCUT2D eigenvalue weighted by Gasteiger charge is -2.40. The van der Waals surface area contributed by atoms with Gasteiger partial charge in [-0.1, -0.05) is 30.3 Å². The number of carbonyl (C=O) groups excluding carboxylic acids is 1. The minimum absolute atomic E-state index is 0.0448. The maximum atomic E-state index is 13.5. The predicted molar refractivity (Wildman–Crippen MR) is 119 cm³/mol. The molecule has 2 fully saturated rings. The summed E-state index contributed by atoms with van der Waals surface area (Å²) in [7, 11) is 1.40. The lowest BCUT2D eigenvalue weighted by molar-refractivity contribution is -0.148. The van der Waals surface area contributed by atoms with Gasteiger partial charge in [-0.05, 0) is 36.5 Å². The van der Waals surface area contributed by atoms with Crippen LogP contribution in [0, 0.1) is 17.8 Å². The molecule has 1 aromatic carbocycles. The van der Waals surface area contributed by atoms with E-state index in [1.54, 1.807) is 0 Å². The second kappa shape index (κ2) is 8.81. The number of nitrogens with zero attached hydrogens (tertiary/aromatic N) is 2. The van der Waals surface area contributed by atoms with Crippen molar-refractivity contribution in [2.45, 2.75) is 31.5 Å². The van der Waals surface area contributed by atoms with Gasteiger partial charge in [-0.15, -0.1) is 0 Å². The number of aliphatic hydroxyl groups is 1. The Morgan fingerprint density at radius 2 is 1.91 bits per heavy atom. The molecule has 2 saturated heterocycles. The van der Waals surface area contributed by atoms with Crippen molar-refractivity contribution in [3.8, 4) is 11.1 Å². The van der Waals surface area contributed by atoms with Gasteiger partial charge in [-0.2, -0.15) is 0 Å². The van der Waals surface area contributed by atoms with Crippen LogP contribution in [0.15, 0.2) is 47.3 Å². The maximum Gasteiger partial charge on any atom is 0.311 e. The van der Waals surface area contributed by atoms with E-state index in [1.807, 2.05) is 47.0 Å². The van der Waals surface area contributed by atoms with Gasteiger partial charge in [0.15, 0.2) is 0 Å². The van der Waals surface area contributed by atoms with Crippen LogP contribution in [0.25, 0.3) is 11.1 Å². The SMILES string of the molecule is COC(=O)[C@H]1[C@H](CO)[C@H]2Cn3c(ccc(-c4ccccc4)c3=O)[C@@H]1N2CC1CCOCC1. The fraction of sp³-hybridized carbons (Fsp3) is 0.520. The monoisotopic (exact) mass is 438 g/mol. The van der Waals surface area contributed by atoms with Crippen molar-refractivity contribution < 1.29 is 19.4 Å². The molecule has 1 aromatic heterocycles. The van der Waals surface area contributed by atoms with E-state index in [2.05, 4.69) is 4.90 Å². The summed E-state index contributed by atoms with van der Waals surface area (Å²) in [5, 5.41) is 10.3. The molecule has 2 bridgehead atoms. The molecule has 0 amide bonds. The molecule has 7 nitrogen and oxygen atoms in total. The molecule has 5 rings (SSSR count). The smallest absolute Gasteiger partial charge is 0.311 e. The Balaban J connectivity index is 1.58. The first kappa shape index (κ1) is 21.4.